The Labute approximate surface area is 221 Å². The summed E-state index contributed by atoms with van der Waals surface area (Å²) in [7, 11) is 0. The average Bonchev–Trinajstić information content (AvgIpc) is 3.06. The summed E-state index contributed by atoms with van der Waals surface area (Å²) in [4.78, 5) is 15.9. The molecule has 0 spiro atoms. The van der Waals surface area contributed by atoms with Crippen LogP contribution in [0.15, 0.2) is 66.7 Å². The summed E-state index contributed by atoms with van der Waals surface area (Å²) in [6.45, 7) is 7.43. The minimum Gasteiger partial charge on any atom is -0.386 e. The van der Waals surface area contributed by atoms with Gasteiger partial charge >= 0.3 is 0 Å². The zero-order valence-electron chi connectivity index (χ0n) is 20.6. The van der Waals surface area contributed by atoms with Crippen molar-refractivity contribution in [2.75, 3.05) is 19.8 Å². The number of ether oxygens (including phenoxy) is 2. The Bertz CT molecular complexity index is 1280. The van der Waals surface area contributed by atoms with E-state index in [1.54, 1.807) is 24.8 Å². The summed E-state index contributed by atoms with van der Waals surface area (Å²) in [5.41, 5.74) is 1.19. The summed E-state index contributed by atoms with van der Waals surface area (Å²) in [5, 5.41) is 11.9. The summed E-state index contributed by atoms with van der Waals surface area (Å²) < 4.78 is 12.3. The number of rotatable bonds is 7. The molecule has 5 nitrogen and oxygen atoms in total. The Hall–Kier alpha value is -2.41. The van der Waals surface area contributed by atoms with E-state index in [2.05, 4.69) is 6.92 Å². The van der Waals surface area contributed by atoms with Crippen LogP contribution in [0.25, 0.3) is 0 Å². The summed E-state index contributed by atoms with van der Waals surface area (Å²) in [5.74, 6) is -0.170. The lowest BCUT2D eigenvalue weighted by atomic mass is 9.87. The molecule has 3 aromatic rings. The van der Waals surface area contributed by atoms with Crippen LogP contribution in [0, 0.1) is 5.41 Å². The standard InChI is InChI=1S/C29H29Cl2NO4/c1-27(2,34)21-8-13-25-24(14-21)26(33)32(15-19-4-9-22(30)10-5-19)29(25,20-6-11-23(31)12-7-20)36-18-28(3)16-35-17-28/h4-14,34H,15-18H2,1-3H3/t29-/m1/s1. The Morgan fingerprint density at radius 1 is 1.00 bits per heavy atom. The molecule has 1 amide bonds. The van der Waals surface area contributed by atoms with E-state index in [0.717, 1.165) is 16.7 Å². The lowest BCUT2D eigenvalue weighted by Crippen LogP contribution is -2.51. The van der Waals surface area contributed by atoms with Gasteiger partial charge in [0.05, 0.1) is 25.4 Å². The third-order valence-corrected chi connectivity index (χ3v) is 7.47. The SMILES string of the molecule is CC1(CO[C@]2(c3ccc(Cl)cc3)c3ccc(C(C)(C)O)cc3C(=O)N2Cc2ccc(Cl)cc2)COC1. The number of aliphatic hydroxyl groups is 1. The summed E-state index contributed by atoms with van der Waals surface area (Å²) in [6.07, 6.45) is 0. The molecule has 188 valence electrons. The highest BCUT2D eigenvalue weighted by molar-refractivity contribution is 6.30. The molecule has 0 radical (unpaired) electrons. The molecule has 2 aliphatic rings. The molecule has 0 unspecified atom stereocenters. The largest absolute Gasteiger partial charge is 0.386 e. The number of amides is 1. The summed E-state index contributed by atoms with van der Waals surface area (Å²) in [6, 6.07) is 20.4. The topological polar surface area (TPSA) is 59.0 Å². The normalized spacial score (nSPS) is 20.8. The zero-order valence-corrected chi connectivity index (χ0v) is 22.1. The van der Waals surface area contributed by atoms with Crippen molar-refractivity contribution in [2.24, 2.45) is 5.41 Å². The smallest absolute Gasteiger partial charge is 0.257 e. The molecule has 7 heteroatoms. The van der Waals surface area contributed by atoms with Crippen LogP contribution in [0.3, 0.4) is 0 Å². The number of carbonyl (C=O) groups is 1. The molecule has 0 aromatic heterocycles. The maximum atomic E-state index is 14.1. The van der Waals surface area contributed by atoms with Gasteiger partial charge in [0.15, 0.2) is 5.72 Å². The van der Waals surface area contributed by atoms with Crippen LogP contribution in [0.1, 0.15) is 53.4 Å². The van der Waals surface area contributed by atoms with E-state index in [1.807, 2.05) is 60.7 Å². The minimum absolute atomic E-state index is 0.149. The number of halogens is 2. The van der Waals surface area contributed by atoms with Gasteiger partial charge in [-0.1, -0.05) is 66.5 Å². The van der Waals surface area contributed by atoms with Gasteiger partial charge in [0.25, 0.3) is 5.91 Å². The molecule has 0 aliphatic carbocycles. The first-order valence-corrected chi connectivity index (χ1v) is 12.7. The van der Waals surface area contributed by atoms with Crippen molar-refractivity contribution < 1.29 is 19.4 Å². The highest BCUT2D eigenvalue weighted by atomic mass is 35.5. The number of carbonyl (C=O) groups excluding carboxylic acids is 1. The van der Waals surface area contributed by atoms with E-state index in [1.165, 1.54) is 0 Å². The first-order valence-electron chi connectivity index (χ1n) is 11.9. The average molecular weight is 526 g/mol. The monoisotopic (exact) mass is 525 g/mol. The van der Waals surface area contributed by atoms with Crippen LogP contribution in [0.2, 0.25) is 10.0 Å². The molecule has 36 heavy (non-hydrogen) atoms. The van der Waals surface area contributed by atoms with Crippen LogP contribution < -0.4 is 0 Å². The predicted molar refractivity (Wildman–Crippen MR) is 140 cm³/mol. The first kappa shape index (κ1) is 25.2. The van der Waals surface area contributed by atoms with Gasteiger partial charge in [-0.15, -0.1) is 0 Å². The quantitative estimate of drug-likeness (QED) is 0.403. The molecular weight excluding hydrogens is 497 g/mol. The fraction of sp³-hybridized carbons (Fsp3) is 0.345. The maximum Gasteiger partial charge on any atom is 0.257 e. The fourth-order valence-corrected chi connectivity index (χ4v) is 5.08. The van der Waals surface area contributed by atoms with E-state index in [4.69, 9.17) is 32.7 Å². The van der Waals surface area contributed by atoms with Crippen molar-refractivity contribution in [3.63, 3.8) is 0 Å². The van der Waals surface area contributed by atoms with Gasteiger partial charge < -0.3 is 14.6 Å². The van der Waals surface area contributed by atoms with Crippen LogP contribution >= 0.6 is 23.2 Å². The molecule has 5 rings (SSSR count). The third kappa shape index (κ3) is 4.44. The van der Waals surface area contributed by atoms with Gasteiger partial charge in [-0.2, -0.15) is 0 Å². The second-order valence-corrected chi connectivity index (χ2v) is 11.5. The number of fused-ring (bicyclic) bond motifs is 1. The lowest BCUT2D eigenvalue weighted by molar-refractivity contribution is -0.192. The van der Waals surface area contributed by atoms with Gasteiger partial charge in [0.2, 0.25) is 0 Å². The highest BCUT2D eigenvalue weighted by Gasteiger charge is 2.53. The molecule has 1 saturated heterocycles. The van der Waals surface area contributed by atoms with Gasteiger partial charge in [0, 0.05) is 38.7 Å². The van der Waals surface area contributed by atoms with E-state index in [0.29, 0.717) is 47.5 Å². The Morgan fingerprint density at radius 2 is 1.61 bits per heavy atom. The minimum atomic E-state index is -1.19. The molecule has 0 bridgehead atoms. The zero-order chi connectivity index (χ0) is 25.7. The number of hydrogen-bond acceptors (Lipinski definition) is 4. The number of benzene rings is 3. The first-order chi connectivity index (χ1) is 17.0. The Balaban J connectivity index is 1.70. The van der Waals surface area contributed by atoms with Crippen LogP contribution in [-0.2, 0) is 27.3 Å². The van der Waals surface area contributed by atoms with Gasteiger partial charge in [-0.25, -0.2) is 0 Å². The Morgan fingerprint density at radius 3 is 2.17 bits per heavy atom. The second-order valence-electron chi connectivity index (χ2n) is 10.6. The number of hydrogen-bond donors (Lipinski definition) is 1. The third-order valence-electron chi connectivity index (χ3n) is 6.97. The highest BCUT2D eigenvalue weighted by Crippen LogP contribution is 2.48. The van der Waals surface area contributed by atoms with Crippen LogP contribution in [0.4, 0.5) is 0 Å². The molecule has 1 N–H and O–H groups in total. The van der Waals surface area contributed by atoms with Gasteiger partial charge in [0.1, 0.15) is 0 Å². The molecule has 0 saturated carbocycles. The van der Waals surface area contributed by atoms with Gasteiger partial charge in [-0.3, -0.25) is 9.69 Å². The molecular formula is C29H29Cl2NO4. The van der Waals surface area contributed by atoms with Crippen molar-refractivity contribution in [1.82, 2.24) is 4.90 Å². The predicted octanol–water partition coefficient (Wildman–Crippen LogP) is 6.13. The molecule has 1 atom stereocenters. The lowest BCUT2D eigenvalue weighted by Gasteiger charge is -2.44. The molecule has 3 aromatic carbocycles. The second kappa shape index (κ2) is 9.16. The van der Waals surface area contributed by atoms with E-state index in [9.17, 15) is 9.90 Å². The van der Waals surface area contributed by atoms with Crippen molar-refractivity contribution in [3.05, 3.63) is 105 Å². The van der Waals surface area contributed by atoms with Crippen molar-refractivity contribution in [3.8, 4) is 0 Å². The van der Waals surface area contributed by atoms with Crippen molar-refractivity contribution in [2.45, 2.75) is 38.6 Å². The molecule has 2 aliphatic heterocycles. The number of nitrogens with zero attached hydrogens (tertiary/aromatic N) is 1. The van der Waals surface area contributed by atoms with E-state index >= 15 is 0 Å². The summed E-state index contributed by atoms with van der Waals surface area (Å²) >= 11 is 12.4. The molecule has 1 fully saturated rings. The molecule has 2 heterocycles. The fourth-order valence-electron chi connectivity index (χ4n) is 4.83. The van der Waals surface area contributed by atoms with E-state index in [-0.39, 0.29) is 11.3 Å². The van der Waals surface area contributed by atoms with E-state index < -0.39 is 11.3 Å². The van der Waals surface area contributed by atoms with Crippen LogP contribution in [0.5, 0.6) is 0 Å². The van der Waals surface area contributed by atoms with Crippen molar-refractivity contribution in [1.29, 1.82) is 0 Å². The van der Waals surface area contributed by atoms with Crippen LogP contribution in [-0.4, -0.2) is 35.7 Å². The van der Waals surface area contributed by atoms with Crippen molar-refractivity contribution >= 4 is 29.1 Å². The maximum absolute atomic E-state index is 14.1. The van der Waals surface area contributed by atoms with Gasteiger partial charge in [-0.05, 0) is 55.3 Å². The Kier molecular flexibility index (Phi) is 6.42.